The zero-order chi connectivity index (χ0) is 28.2. The van der Waals surface area contributed by atoms with Crippen molar-refractivity contribution in [1.82, 2.24) is 14.2 Å². The first-order valence-corrected chi connectivity index (χ1v) is 14.9. The number of aliphatic hydroxyl groups is 1. The molecular weight excluding hydrogens is 521 g/mol. The fourth-order valence-electron chi connectivity index (χ4n) is 4.96. The zero-order valence-corrected chi connectivity index (χ0v) is 23.5. The van der Waals surface area contributed by atoms with E-state index in [1.807, 2.05) is 6.92 Å². The monoisotopic (exact) mass is 557 g/mol. The smallest absolute Gasteiger partial charge is 0.259 e. The molecule has 1 saturated carbocycles. The average Bonchev–Trinajstić information content (AvgIpc) is 2.94. The highest BCUT2D eigenvalue weighted by Gasteiger charge is 2.36. The number of nitrogens with zero attached hydrogens (tertiary/aromatic N) is 3. The Balaban J connectivity index is 1.64. The summed E-state index contributed by atoms with van der Waals surface area (Å²) in [5.41, 5.74) is 0.834. The van der Waals surface area contributed by atoms with E-state index in [-0.39, 0.29) is 47.9 Å². The first-order valence-electron chi connectivity index (χ1n) is 13.4. The summed E-state index contributed by atoms with van der Waals surface area (Å²) < 4.78 is 47.1. The highest BCUT2D eigenvalue weighted by atomic mass is 32.2. The van der Waals surface area contributed by atoms with Crippen LogP contribution in [0.1, 0.15) is 61.9 Å². The van der Waals surface area contributed by atoms with Crippen LogP contribution >= 0.6 is 0 Å². The van der Waals surface area contributed by atoms with Gasteiger partial charge in [-0.2, -0.15) is 4.31 Å². The van der Waals surface area contributed by atoms with Gasteiger partial charge in [0.15, 0.2) is 0 Å². The molecule has 10 heteroatoms. The molecule has 1 N–H and O–H groups in total. The van der Waals surface area contributed by atoms with E-state index >= 15 is 0 Å². The van der Waals surface area contributed by atoms with Crippen molar-refractivity contribution in [2.24, 2.45) is 11.8 Å². The summed E-state index contributed by atoms with van der Waals surface area (Å²) in [6.07, 6.45) is 6.65. The van der Waals surface area contributed by atoms with Gasteiger partial charge in [-0.25, -0.2) is 17.8 Å². The van der Waals surface area contributed by atoms with Gasteiger partial charge in [0.1, 0.15) is 17.5 Å². The number of sulfonamides is 1. The van der Waals surface area contributed by atoms with Gasteiger partial charge >= 0.3 is 0 Å². The van der Waals surface area contributed by atoms with Gasteiger partial charge < -0.3 is 14.7 Å². The van der Waals surface area contributed by atoms with Crippen molar-refractivity contribution >= 4 is 15.9 Å². The first-order chi connectivity index (χ1) is 18.6. The highest BCUT2D eigenvalue weighted by Crippen LogP contribution is 2.28. The number of carbonyl (C=O) groups excluding carboxylic acids is 1. The summed E-state index contributed by atoms with van der Waals surface area (Å²) in [6, 6.07) is 5.85. The number of fused-ring (bicyclic) bond motifs is 1. The van der Waals surface area contributed by atoms with Gasteiger partial charge in [0.2, 0.25) is 15.9 Å². The lowest BCUT2D eigenvalue weighted by Crippen LogP contribution is -2.50. The number of aromatic nitrogens is 1. The van der Waals surface area contributed by atoms with Crippen LogP contribution in [-0.2, 0) is 10.0 Å². The summed E-state index contributed by atoms with van der Waals surface area (Å²) in [5, 5.41) is 9.87. The molecule has 4 rings (SSSR count). The maximum absolute atomic E-state index is 13.6. The number of benzene rings is 1. The van der Waals surface area contributed by atoms with Crippen molar-refractivity contribution in [3.63, 3.8) is 0 Å². The molecule has 0 spiro atoms. The number of ether oxygens (including phenoxy) is 1. The van der Waals surface area contributed by atoms with Crippen molar-refractivity contribution in [1.29, 1.82) is 0 Å². The van der Waals surface area contributed by atoms with Gasteiger partial charge in [0.25, 0.3) is 5.91 Å². The summed E-state index contributed by atoms with van der Waals surface area (Å²) in [5.74, 6) is 5.78. The molecule has 1 fully saturated rings. The van der Waals surface area contributed by atoms with Crippen LogP contribution < -0.4 is 4.74 Å². The van der Waals surface area contributed by atoms with Gasteiger partial charge in [-0.1, -0.05) is 38.0 Å². The Kier molecular flexibility index (Phi) is 9.26. The lowest BCUT2D eigenvalue weighted by molar-refractivity contribution is 0.0373. The third-order valence-corrected chi connectivity index (χ3v) is 9.34. The number of hydrogen-bond acceptors (Lipinski definition) is 6. The van der Waals surface area contributed by atoms with E-state index in [1.165, 1.54) is 38.4 Å². The molecule has 210 valence electrons. The summed E-state index contributed by atoms with van der Waals surface area (Å²) >= 11 is 0. The lowest BCUT2D eigenvalue weighted by Gasteiger charge is -2.37. The molecule has 2 heterocycles. The minimum Gasteiger partial charge on any atom is -0.472 e. The molecule has 0 saturated heterocycles. The fourth-order valence-corrected chi connectivity index (χ4v) is 6.14. The molecule has 1 aliphatic heterocycles. The van der Waals surface area contributed by atoms with E-state index in [0.29, 0.717) is 11.5 Å². The number of hydrogen-bond donors (Lipinski definition) is 1. The van der Waals surface area contributed by atoms with E-state index in [9.17, 15) is 22.7 Å². The van der Waals surface area contributed by atoms with Crippen LogP contribution in [0.5, 0.6) is 5.88 Å². The Bertz CT molecular complexity index is 1330. The standard InChI is InChI=1S/C29H36FN3O5S/c1-20-17-33(21(2)19-34)29(35)26-15-23(10-9-22-7-5-4-6-8-22)16-31-28(26)38-27(20)18-32(3)39(36,37)25-13-11-24(30)12-14-25/h11-16,20-22,27,34H,4-8,17-19H2,1-3H3/t20-,21+,27+/m1/s1. The van der Waals surface area contributed by atoms with Crippen LogP contribution in [0.15, 0.2) is 41.4 Å². The molecule has 3 atom stereocenters. The maximum atomic E-state index is 13.6. The van der Waals surface area contributed by atoms with E-state index < -0.39 is 28.0 Å². The van der Waals surface area contributed by atoms with Crippen LogP contribution in [0.4, 0.5) is 4.39 Å². The number of pyridine rings is 1. The number of likely N-dealkylation sites (N-methyl/N-ethyl adjacent to an activating group) is 1. The Morgan fingerprint density at radius 2 is 1.92 bits per heavy atom. The summed E-state index contributed by atoms with van der Waals surface area (Å²) in [7, 11) is -2.48. The molecule has 1 aromatic carbocycles. The topological polar surface area (TPSA) is 100 Å². The van der Waals surface area contributed by atoms with Gasteiger partial charge in [-0.15, -0.1) is 0 Å². The number of amides is 1. The normalized spacial score (nSPS) is 21.3. The Morgan fingerprint density at radius 3 is 2.59 bits per heavy atom. The van der Waals surface area contributed by atoms with Crippen LogP contribution in [0.25, 0.3) is 0 Å². The van der Waals surface area contributed by atoms with E-state index in [2.05, 4.69) is 16.8 Å². The number of carbonyl (C=O) groups is 1. The van der Waals surface area contributed by atoms with Crippen LogP contribution in [-0.4, -0.2) is 72.5 Å². The third kappa shape index (κ3) is 6.78. The summed E-state index contributed by atoms with van der Waals surface area (Å²) in [4.78, 5) is 19.6. The molecule has 1 aromatic heterocycles. The first kappa shape index (κ1) is 29.0. The van der Waals surface area contributed by atoms with Gasteiger partial charge in [0, 0.05) is 37.2 Å². The molecule has 0 radical (unpaired) electrons. The van der Waals surface area contributed by atoms with Gasteiger partial charge in [-0.3, -0.25) is 4.79 Å². The molecule has 1 aliphatic carbocycles. The Hall–Kier alpha value is -3.00. The number of rotatable bonds is 6. The quantitative estimate of drug-likeness (QED) is 0.544. The molecule has 1 amide bonds. The summed E-state index contributed by atoms with van der Waals surface area (Å²) in [6.45, 7) is 3.61. The third-order valence-electron chi connectivity index (χ3n) is 7.51. The van der Waals surface area contributed by atoms with Crippen molar-refractivity contribution in [2.75, 3.05) is 26.7 Å². The van der Waals surface area contributed by atoms with Crippen molar-refractivity contribution in [3.8, 4) is 17.7 Å². The van der Waals surface area contributed by atoms with E-state index in [0.717, 1.165) is 29.3 Å². The van der Waals surface area contributed by atoms with Crippen molar-refractivity contribution in [2.45, 2.75) is 63.0 Å². The van der Waals surface area contributed by atoms with E-state index in [4.69, 9.17) is 4.74 Å². The van der Waals surface area contributed by atoms with Gasteiger partial charge in [-0.05, 0) is 50.1 Å². The van der Waals surface area contributed by atoms with Crippen LogP contribution in [0.3, 0.4) is 0 Å². The second-order valence-electron chi connectivity index (χ2n) is 10.5. The molecule has 0 unspecified atom stereocenters. The molecule has 2 aliphatic rings. The van der Waals surface area contributed by atoms with E-state index in [1.54, 1.807) is 24.1 Å². The average molecular weight is 558 g/mol. The fraction of sp³-hybridized carbons (Fsp3) is 0.517. The number of aliphatic hydroxyl groups excluding tert-OH is 1. The van der Waals surface area contributed by atoms with Crippen LogP contribution in [0, 0.1) is 29.5 Å². The van der Waals surface area contributed by atoms with Gasteiger partial charge in [0.05, 0.1) is 24.1 Å². The molecule has 8 nitrogen and oxygen atoms in total. The number of halogens is 1. The highest BCUT2D eigenvalue weighted by molar-refractivity contribution is 7.89. The largest absolute Gasteiger partial charge is 0.472 e. The Morgan fingerprint density at radius 1 is 1.23 bits per heavy atom. The van der Waals surface area contributed by atoms with Crippen molar-refractivity contribution in [3.05, 3.63) is 53.5 Å². The van der Waals surface area contributed by atoms with Crippen LogP contribution in [0.2, 0.25) is 0 Å². The second-order valence-corrected chi connectivity index (χ2v) is 12.6. The second kappa shape index (κ2) is 12.5. The maximum Gasteiger partial charge on any atom is 0.259 e. The zero-order valence-electron chi connectivity index (χ0n) is 22.6. The van der Waals surface area contributed by atoms with Crippen molar-refractivity contribution < 1.29 is 27.4 Å². The minimum absolute atomic E-state index is 0.0270. The Labute approximate surface area is 230 Å². The molecular formula is C29H36FN3O5S. The predicted molar refractivity (Wildman–Crippen MR) is 145 cm³/mol. The molecule has 2 aromatic rings. The molecule has 39 heavy (non-hydrogen) atoms. The SMILES string of the molecule is C[C@@H]1CN([C@@H](C)CO)C(=O)c2cc(C#CC3CCCCC3)cnc2O[C@H]1CN(C)S(=O)(=O)c1ccc(F)cc1. The molecule has 0 bridgehead atoms. The lowest BCUT2D eigenvalue weighted by atomic mass is 9.90. The predicted octanol–water partition coefficient (Wildman–Crippen LogP) is 3.69. The minimum atomic E-state index is -3.92.